The van der Waals surface area contributed by atoms with Gasteiger partial charge in [-0.1, -0.05) is 23.7 Å². The van der Waals surface area contributed by atoms with E-state index in [2.05, 4.69) is 20.3 Å². The number of benzene rings is 2. The fourth-order valence-electron chi connectivity index (χ4n) is 3.75. The highest BCUT2D eigenvalue weighted by Gasteiger charge is 2.17. The van der Waals surface area contributed by atoms with Crippen molar-refractivity contribution in [1.82, 2.24) is 28.7 Å². The molecule has 2 aromatic carbocycles. The highest BCUT2D eigenvalue weighted by atomic mass is 35.5. The lowest BCUT2D eigenvalue weighted by atomic mass is 10.2. The van der Waals surface area contributed by atoms with Gasteiger partial charge in [0.15, 0.2) is 11.2 Å². The summed E-state index contributed by atoms with van der Waals surface area (Å²) in [5.74, 6) is 0.0968. The number of hydrogen-bond acceptors (Lipinski definition) is 5. The van der Waals surface area contributed by atoms with Gasteiger partial charge in [0.25, 0.3) is 5.56 Å². The zero-order valence-corrected chi connectivity index (χ0v) is 18.4. The molecule has 0 aliphatic heterocycles. The number of aromatic amines is 1. The number of hydrogen-bond donors (Lipinski definition) is 2. The lowest BCUT2D eigenvalue weighted by Crippen LogP contribution is -2.42. The van der Waals surface area contributed by atoms with E-state index in [4.69, 9.17) is 11.6 Å². The highest BCUT2D eigenvalue weighted by Crippen LogP contribution is 2.28. The van der Waals surface area contributed by atoms with E-state index in [1.54, 1.807) is 31.3 Å². The van der Waals surface area contributed by atoms with Crippen molar-refractivity contribution in [3.8, 4) is 11.4 Å². The molecule has 0 saturated heterocycles. The van der Waals surface area contributed by atoms with Crippen LogP contribution in [-0.2, 0) is 25.4 Å². The van der Waals surface area contributed by atoms with E-state index in [0.717, 1.165) is 10.1 Å². The number of rotatable bonds is 4. The number of aryl methyl sites for hydroxylation is 2. The molecule has 5 aromatic rings. The fraction of sp³-hybridized carbons (Fsp3) is 0.136. The normalized spacial score (nSPS) is 11.4. The summed E-state index contributed by atoms with van der Waals surface area (Å²) < 4.78 is 3.66. The zero-order chi connectivity index (χ0) is 23.3. The SMILES string of the molecule is Cn1cnc2c1c(=O)n(CC(=O)Nc1ccc3nc(-c4ccccc4Cl)[nH]c3c1)c(=O)n2C. The van der Waals surface area contributed by atoms with Crippen LogP contribution in [0.25, 0.3) is 33.6 Å². The minimum Gasteiger partial charge on any atom is -0.338 e. The van der Waals surface area contributed by atoms with Gasteiger partial charge in [0.1, 0.15) is 12.4 Å². The Hall–Kier alpha value is -4.18. The van der Waals surface area contributed by atoms with Crippen LogP contribution in [0, 0.1) is 0 Å². The number of aromatic nitrogens is 6. The van der Waals surface area contributed by atoms with Crippen molar-refractivity contribution in [2.75, 3.05) is 5.32 Å². The van der Waals surface area contributed by atoms with Crippen molar-refractivity contribution in [3.05, 3.63) is 74.7 Å². The van der Waals surface area contributed by atoms with Crippen molar-refractivity contribution < 1.29 is 4.79 Å². The van der Waals surface area contributed by atoms with Gasteiger partial charge < -0.3 is 14.9 Å². The second-order valence-electron chi connectivity index (χ2n) is 7.61. The van der Waals surface area contributed by atoms with Gasteiger partial charge in [-0.3, -0.25) is 14.2 Å². The van der Waals surface area contributed by atoms with Crippen LogP contribution in [0.3, 0.4) is 0 Å². The van der Waals surface area contributed by atoms with Crippen LogP contribution >= 0.6 is 11.6 Å². The summed E-state index contributed by atoms with van der Waals surface area (Å²) in [4.78, 5) is 49.9. The average molecular weight is 464 g/mol. The topological polar surface area (TPSA) is 120 Å². The summed E-state index contributed by atoms with van der Waals surface area (Å²) in [5.41, 5.74) is 1.99. The fourth-order valence-corrected chi connectivity index (χ4v) is 3.97. The van der Waals surface area contributed by atoms with Crippen molar-refractivity contribution in [1.29, 1.82) is 0 Å². The Labute approximate surface area is 191 Å². The van der Waals surface area contributed by atoms with Gasteiger partial charge in [-0.2, -0.15) is 0 Å². The smallest absolute Gasteiger partial charge is 0.332 e. The molecule has 0 spiro atoms. The number of carbonyl (C=O) groups is 1. The Morgan fingerprint density at radius 1 is 1.15 bits per heavy atom. The number of anilines is 1. The standard InChI is InChI=1S/C22H18ClN7O3/c1-28-11-24-20-18(28)21(32)30(22(33)29(20)2)10-17(31)25-12-7-8-15-16(9-12)27-19(26-15)13-5-3-4-6-14(13)23/h3-9,11H,10H2,1-2H3,(H,25,31)(H,26,27). The predicted octanol–water partition coefficient (Wildman–Crippen LogP) is 2.27. The van der Waals surface area contributed by atoms with Crippen LogP contribution in [0.15, 0.2) is 58.4 Å². The van der Waals surface area contributed by atoms with E-state index in [0.29, 0.717) is 27.6 Å². The van der Waals surface area contributed by atoms with Crippen LogP contribution in [0.1, 0.15) is 0 Å². The number of imidazole rings is 2. The van der Waals surface area contributed by atoms with Gasteiger partial charge in [0.05, 0.1) is 22.4 Å². The van der Waals surface area contributed by atoms with Crippen LogP contribution in [-0.4, -0.2) is 34.6 Å². The maximum atomic E-state index is 12.8. The summed E-state index contributed by atoms with van der Waals surface area (Å²) in [5, 5.41) is 3.30. The van der Waals surface area contributed by atoms with Crippen molar-refractivity contribution in [2.45, 2.75) is 6.54 Å². The summed E-state index contributed by atoms with van der Waals surface area (Å²) in [6.45, 7) is -0.432. The molecule has 0 atom stereocenters. The van der Waals surface area contributed by atoms with Crippen molar-refractivity contribution in [3.63, 3.8) is 0 Å². The Morgan fingerprint density at radius 2 is 1.94 bits per heavy atom. The number of nitrogens with one attached hydrogen (secondary N) is 2. The molecule has 0 fully saturated rings. The van der Waals surface area contributed by atoms with Gasteiger partial charge in [-0.05, 0) is 30.3 Å². The van der Waals surface area contributed by atoms with Crippen LogP contribution in [0.2, 0.25) is 5.02 Å². The second kappa shape index (κ2) is 7.75. The average Bonchev–Trinajstić information content (AvgIpc) is 3.39. The summed E-state index contributed by atoms with van der Waals surface area (Å²) in [6, 6.07) is 12.5. The first-order valence-electron chi connectivity index (χ1n) is 9.99. The number of nitrogens with zero attached hydrogens (tertiary/aromatic N) is 5. The maximum absolute atomic E-state index is 12.8. The molecular formula is C22H18ClN7O3. The Balaban J connectivity index is 1.43. The lowest BCUT2D eigenvalue weighted by molar-refractivity contribution is -0.116. The van der Waals surface area contributed by atoms with Crippen LogP contribution in [0.5, 0.6) is 0 Å². The summed E-state index contributed by atoms with van der Waals surface area (Å²) >= 11 is 6.26. The second-order valence-corrected chi connectivity index (χ2v) is 8.01. The largest absolute Gasteiger partial charge is 0.338 e. The van der Waals surface area contributed by atoms with Crippen LogP contribution < -0.4 is 16.6 Å². The van der Waals surface area contributed by atoms with Gasteiger partial charge in [0, 0.05) is 25.3 Å². The molecule has 166 valence electrons. The first kappa shape index (κ1) is 20.7. The van der Waals surface area contributed by atoms with Gasteiger partial charge in [0.2, 0.25) is 5.91 Å². The first-order valence-corrected chi connectivity index (χ1v) is 10.4. The minimum absolute atomic E-state index is 0.246. The van der Waals surface area contributed by atoms with Gasteiger partial charge in [-0.15, -0.1) is 0 Å². The third-order valence-corrected chi connectivity index (χ3v) is 5.73. The third-order valence-electron chi connectivity index (χ3n) is 5.40. The number of halogens is 1. The molecule has 3 aromatic heterocycles. The monoisotopic (exact) mass is 463 g/mol. The minimum atomic E-state index is -0.616. The molecule has 0 bridgehead atoms. The predicted molar refractivity (Wildman–Crippen MR) is 125 cm³/mol. The van der Waals surface area contributed by atoms with E-state index in [9.17, 15) is 14.4 Å². The van der Waals surface area contributed by atoms with Crippen LogP contribution in [0.4, 0.5) is 5.69 Å². The molecule has 11 heteroatoms. The molecule has 0 radical (unpaired) electrons. The Kier molecular flexibility index (Phi) is 4.86. The molecule has 0 aliphatic carbocycles. The first-order chi connectivity index (χ1) is 15.8. The molecule has 5 rings (SSSR count). The van der Waals surface area contributed by atoms with Crippen molar-refractivity contribution >= 4 is 45.4 Å². The number of carbonyl (C=O) groups excluding carboxylic acids is 1. The number of amides is 1. The molecule has 0 saturated carbocycles. The van der Waals surface area contributed by atoms with E-state index < -0.39 is 23.7 Å². The van der Waals surface area contributed by atoms with Crippen molar-refractivity contribution in [2.24, 2.45) is 14.1 Å². The molecule has 33 heavy (non-hydrogen) atoms. The number of fused-ring (bicyclic) bond motifs is 2. The molecular weight excluding hydrogens is 446 g/mol. The molecule has 0 unspecified atom stereocenters. The molecule has 1 amide bonds. The quantitative estimate of drug-likeness (QED) is 0.423. The molecule has 10 nitrogen and oxygen atoms in total. The third kappa shape index (κ3) is 3.50. The molecule has 3 heterocycles. The summed E-state index contributed by atoms with van der Waals surface area (Å²) in [7, 11) is 3.16. The Bertz CT molecular complexity index is 1680. The zero-order valence-electron chi connectivity index (χ0n) is 17.7. The molecule has 2 N–H and O–H groups in total. The van der Waals surface area contributed by atoms with E-state index in [-0.39, 0.29) is 11.2 Å². The van der Waals surface area contributed by atoms with Gasteiger partial charge in [-0.25, -0.2) is 19.3 Å². The van der Waals surface area contributed by atoms with E-state index in [1.807, 2.05) is 18.2 Å². The highest BCUT2D eigenvalue weighted by molar-refractivity contribution is 6.33. The lowest BCUT2D eigenvalue weighted by Gasteiger charge is -2.09. The maximum Gasteiger partial charge on any atom is 0.332 e. The molecule has 0 aliphatic rings. The van der Waals surface area contributed by atoms with E-state index >= 15 is 0 Å². The Morgan fingerprint density at radius 3 is 2.73 bits per heavy atom. The van der Waals surface area contributed by atoms with E-state index in [1.165, 1.54) is 22.5 Å². The van der Waals surface area contributed by atoms with Gasteiger partial charge >= 0.3 is 5.69 Å². The summed E-state index contributed by atoms with van der Waals surface area (Å²) in [6.07, 6.45) is 1.45. The number of H-pyrrole nitrogens is 1.